The second-order valence-corrected chi connectivity index (χ2v) is 6.41. The third kappa shape index (κ3) is 5.54. The zero-order chi connectivity index (χ0) is 20.6. The molecule has 2 aromatic carbocycles. The van der Waals surface area contributed by atoms with Gasteiger partial charge < -0.3 is 29.2 Å². The summed E-state index contributed by atoms with van der Waals surface area (Å²) in [6.07, 6.45) is -4.65. The largest absolute Gasteiger partial charge is 0.490 e. The van der Waals surface area contributed by atoms with E-state index in [9.17, 15) is 14.7 Å². The topological polar surface area (TPSA) is 112 Å². The van der Waals surface area contributed by atoms with E-state index in [0.29, 0.717) is 11.5 Å². The molecule has 154 valence electrons. The predicted molar refractivity (Wildman–Crippen MR) is 101 cm³/mol. The van der Waals surface area contributed by atoms with Gasteiger partial charge in [0.15, 0.2) is 18.3 Å². The molecule has 2 aromatic rings. The van der Waals surface area contributed by atoms with E-state index in [1.165, 1.54) is 0 Å². The van der Waals surface area contributed by atoms with Crippen molar-refractivity contribution < 1.29 is 38.7 Å². The number of ketones is 1. The van der Waals surface area contributed by atoms with Crippen LogP contribution in [0.15, 0.2) is 60.7 Å². The molecule has 29 heavy (non-hydrogen) atoms. The molecule has 0 aliphatic carbocycles. The molecule has 4 atom stereocenters. The van der Waals surface area contributed by atoms with Crippen molar-refractivity contribution in [1.82, 2.24) is 0 Å². The van der Waals surface area contributed by atoms with E-state index in [-0.39, 0.29) is 13.2 Å². The Morgan fingerprint density at radius 2 is 1.55 bits per heavy atom. The van der Waals surface area contributed by atoms with E-state index >= 15 is 0 Å². The number of esters is 1. The maximum Gasteiger partial charge on any atom is 0.378 e. The van der Waals surface area contributed by atoms with Crippen LogP contribution in [0.4, 0.5) is 0 Å². The van der Waals surface area contributed by atoms with Crippen LogP contribution in [0, 0.1) is 0 Å². The van der Waals surface area contributed by atoms with Crippen molar-refractivity contribution in [3.8, 4) is 11.5 Å². The summed E-state index contributed by atoms with van der Waals surface area (Å²) in [5.74, 6) is -0.800. The minimum atomic E-state index is -1.43. The molecule has 1 aliphatic heterocycles. The van der Waals surface area contributed by atoms with Gasteiger partial charge in [0.2, 0.25) is 0 Å². The first kappa shape index (κ1) is 20.8. The van der Waals surface area contributed by atoms with Crippen LogP contribution in [0.2, 0.25) is 0 Å². The third-order valence-corrected chi connectivity index (χ3v) is 4.25. The Kier molecular flexibility index (Phi) is 7.18. The molecule has 1 heterocycles. The molecule has 0 saturated carbocycles. The highest BCUT2D eigenvalue weighted by Gasteiger charge is 2.48. The van der Waals surface area contributed by atoms with Crippen LogP contribution in [0.5, 0.6) is 11.5 Å². The van der Waals surface area contributed by atoms with Crippen LogP contribution in [0.3, 0.4) is 0 Å². The predicted octanol–water partition coefficient (Wildman–Crippen LogP) is 0.746. The lowest BCUT2D eigenvalue weighted by atomic mass is 10.1. The molecular formula is C21H22O8. The van der Waals surface area contributed by atoms with E-state index in [0.717, 1.165) is 0 Å². The first-order chi connectivity index (χ1) is 14.1. The van der Waals surface area contributed by atoms with Gasteiger partial charge in [-0.2, -0.15) is 0 Å². The summed E-state index contributed by atoms with van der Waals surface area (Å²) >= 11 is 0. The van der Waals surface area contributed by atoms with Gasteiger partial charge in [-0.25, -0.2) is 4.79 Å². The Morgan fingerprint density at radius 3 is 2.17 bits per heavy atom. The summed E-state index contributed by atoms with van der Waals surface area (Å²) < 4.78 is 22.0. The third-order valence-electron chi connectivity index (χ3n) is 4.25. The zero-order valence-corrected chi connectivity index (χ0v) is 15.5. The summed E-state index contributed by atoms with van der Waals surface area (Å²) in [7, 11) is 0. The van der Waals surface area contributed by atoms with E-state index in [2.05, 4.69) is 0 Å². The Morgan fingerprint density at radius 1 is 0.931 bits per heavy atom. The minimum Gasteiger partial charge on any atom is -0.490 e. The molecule has 0 radical (unpaired) electrons. The summed E-state index contributed by atoms with van der Waals surface area (Å²) in [4.78, 5) is 23.6. The smallest absolute Gasteiger partial charge is 0.378 e. The standard InChI is InChI=1S/C21H22O8/c22-11-17(23)19-20(18(24)21(25)29-19)27-13-16(28-15-9-5-2-6-10-15)12-26-14-7-3-1-4-8-14/h1-10,16-17,19-20,22-23H,11-13H2/t16?,17-,19+,20?/m0/s1. The fourth-order valence-corrected chi connectivity index (χ4v) is 2.79. The van der Waals surface area contributed by atoms with Gasteiger partial charge in [0.1, 0.15) is 24.2 Å². The summed E-state index contributed by atoms with van der Waals surface area (Å²) in [6.45, 7) is -0.669. The number of para-hydroxylation sites is 2. The second-order valence-electron chi connectivity index (χ2n) is 6.41. The van der Waals surface area contributed by atoms with E-state index in [1.807, 2.05) is 36.4 Å². The van der Waals surface area contributed by atoms with Crippen LogP contribution in [-0.2, 0) is 19.1 Å². The lowest BCUT2D eigenvalue weighted by Crippen LogP contribution is -2.43. The van der Waals surface area contributed by atoms with Gasteiger partial charge in [-0.15, -0.1) is 0 Å². The van der Waals surface area contributed by atoms with Crippen molar-refractivity contribution in [2.75, 3.05) is 19.8 Å². The Hall–Kier alpha value is -2.94. The molecule has 0 spiro atoms. The maximum absolute atomic E-state index is 12.0. The highest BCUT2D eigenvalue weighted by atomic mass is 16.6. The number of carbonyl (C=O) groups excluding carboxylic acids is 2. The van der Waals surface area contributed by atoms with E-state index in [1.54, 1.807) is 24.3 Å². The van der Waals surface area contributed by atoms with Gasteiger partial charge in [-0.3, -0.25) is 4.79 Å². The molecular weight excluding hydrogens is 380 g/mol. The molecule has 1 fully saturated rings. The molecule has 1 saturated heterocycles. The molecule has 2 unspecified atom stereocenters. The van der Waals surface area contributed by atoms with Gasteiger partial charge >= 0.3 is 5.97 Å². The monoisotopic (exact) mass is 402 g/mol. The van der Waals surface area contributed by atoms with Gasteiger partial charge in [0.05, 0.1) is 13.2 Å². The first-order valence-corrected chi connectivity index (χ1v) is 9.13. The quantitative estimate of drug-likeness (QED) is 0.442. The van der Waals surface area contributed by atoms with Crippen LogP contribution in [-0.4, -0.2) is 66.2 Å². The van der Waals surface area contributed by atoms with Crippen molar-refractivity contribution in [3.05, 3.63) is 60.7 Å². The number of cyclic esters (lactones) is 1. The average molecular weight is 402 g/mol. The van der Waals surface area contributed by atoms with Crippen molar-refractivity contribution in [3.63, 3.8) is 0 Å². The van der Waals surface area contributed by atoms with E-state index in [4.69, 9.17) is 24.1 Å². The van der Waals surface area contributed by atoms with Crippen molar-refractivity contribution in [1.29, 1.82) is 0 Å². The zero-order valence-electron chi connectivity index (χ0n) is 15.5. The summed E-state index contributed by atoms with van der Waals surface area (Å²) in [5, 5.41) is 18.9. The normalized spacial score (nSPS) is 20.8. The van der Waals surface area contributed by atoms with E-state index < -0.39 is 42.8 Å². The van der Waals surface area contributed by atoms with Crippen LogP contribution < -0.4 is 9.47 Å². The van der Waals surface area contributed by atoms with Crippen molar-refractivity contribution in [2.24, 2.45) is 0 Å². The molecule has 1 aliphatic rings. The Bertz CT molecular complexity index is 795. The number of aliphatic hydroxyl groups is 2. The highest BCUT2D eigenvalue weighted by molar-refractivity contribution is 6.37. The number of hydrogen-bond donors (Lipinski definition) is 2. The van der Waals surface area contributed by atoms with Crippen LogP contribution in [0.25, 0.3) is 0 Å². The molecule has 0 amide bonds. The number of ether oxygens (including phenoxy) is 4. The number of aliphatic hydroxyl groups excluding tert-OH is 2. The maximum atomic E-state index is 12.0. The fourth-order valence-electron chi connectivity index (χ4n) is 2.79. The summed E-state index contributed by atoms with van der Waals surface area (Å²) in [5.41, 5.74) is 0. The van der Waals surface area contributed by atoms with Gasteiger partial charge in [0.25, 0.3) is 5.78 Å². The van der Waals surface area contributed by atoms with Crippen LogP contribution in [0.1, 0.15) is 0 Å². The Labute approximate surface area is 167 Å². The molecule has 8 nitrogen and oxygen atoms in total. The lowest BCUT2D eigenvalue weighted by molar-refractivity contribution is -0.152. The van der Waals surface area contributed by atoms with Crippen LogP contribution >= 0.6 is 0 Å². The number of rotatable bonds is 10. The molecule has 2 N–H and O–H groups in total. The minimum absolute atomic E-state index is 0.108. The summed E-state index contributed by atoms with van der Waals surface area (Å²) in [6, 6.07) is 18.1. The SMILES string of the molecule is O=C1O[C@H]([C@@H](O)CO)C(OCC(COc2ccccc2)Oc2ccccc2)C1=O. The van der Waals surface area contributed by atoms with Crippen molar-refractivity contribution in [2.45, 2.75) is 24.4 Å². The molecule has 0 aromatic heterocycles. The highest BCUT2D eigenvalue weighted by Crippen LogP contribution is 2.20. The Balaban J connectivity index is 1.66. The first-order valence-electron chi connectivity index (χ1n) is 9.13. The lowest BCUT2D eigenvalue weighted by Gasteiger charge is -2.24. The number of hydrogen-bond acceptors (Lipinski definition) is 8. The number of carbonyl (C=O) groups is 2. The van der Waals surface area contributed by atoms with Gasteiger partial charge in [-0.05, 0) is 24.3 Å². The molecule has 0 bridgehead atoms. The van der Waals surface area contributed by atoms with Gasteiger partial charge in [-0.1, -0.05) is 36.4 Å². The number of benzene rings is 2. The van der Waals surface area contributed by atoms with Gasteiger partial charge in [0, 0.05) is 0 Å². The fraction of sp³-hybridized carbons (Fsp3) is 0.333. The molecule has 3 rings (SSSR count). The number of Topliss-reactive ketones (excluding diaryl/α,β-unsaturated/α-hetero) is 1. The second kappa shape index (κ2) is 10.0. The van der Waals surface area contributed by atoms with Crippen molar-refractivity contribution >= 4 is 11.8 Å². The molecule has 8 heteroatoms. The average Bonchev–Trinajstić information content (AvgIpc) is 3.05.